The minimum atomic E-state index is -1.12. The fourth-order valence-corrected chi connectivity index (χ4v) is 3.14. The van der Waals surface area contributed by atoms with Crippen molar-refractivity contribution >= 4 is 28.9 Å². The number of nitrogens with one attached hydrogen (secondary N) is 2. The average molecular weight is 358 g/mol. The van der Waals surface area contributed by atoms with Gasteiger partial charge in [-0.25, -0.2) is 9.59 Å². The van der Waals surface area contributed by atoms with E-state index in [-0.39, 0.29) is 11.8 Å². The topological polar surface area (TPSA) is 97.6 Å². The Balaban J connectivity index is 1.58. The predicted molar refractivity (Wildman–Crippen MR) is 94.8 cm³/mol. The zero-order valence-corrected chi connectivity index (χ0v) is 14.8. The normalized spacial score (nSPS) is 15.6. The molecule has 0 radical (unpaired) electrons. The number of fused-ring (bicyclic) bond motifs is 1. The third kappa shape index (κ3) is 3.87. The van der Waals surface area contributed by atoms with Crippen LogP contribution in [0.5, 0.6) is 0 Å². The summed E-state index contributed by atoms with van der Waals surface area (Å²) in [4.78, 5) is 36.2. The minimum Gasteiger partial charge on any atom is -0.449 e. The number of benzene rings is 1. The summed E-state index contributed by atoms with van der Waals surface area (Å²) in [6.45, 7) is 3.16. The number of esters is 1. The zero-order valence-electron chi connectivity index (χ0n) is 14.8. The minimum absolute atomic E-state index is 0.0567. The Morgan fingerprint density at radius 1 is 1.19 bits per heavy atom. The van der Waals surface area contributed by atoms with Crippen LogP contribution in [0.2, 0.25) is 0 Å². The first kappa shape index (κ1) is 18.0. The first-order valence-corrected chi connectivity index (χ1v) is 8.76. The van der Waals surface area contributed by atoms with E-state index in [2.05, 4.69) is 10.6 Å². The van der Waals surface area contributed by atoms with Gasteiger partial charge in [0.05, 0.1) is 0 Å². The number of para-hydroxylation sites is 1. The molecule has 3 rings (SSSR count). The summed E-state index contributed by atoms with van der Waals surface area (Å²) in [6, 6.07) is 6.78. The van der Waals surface area contributed by atoms with Crippen LogP contribution < -0.4 is 10.6 Å². The van der Waals surface area contributed by atoms with Crippen molar-refractivity contribution < 1.29 is 23.5 Å². The van der Waals surface area contributed by atoms with Crippen molar-refractivity contribution in [3.8, 4) is 0 Å². The van der Waals surface area contributed by atoms with E-state index in [4.69, 9.17) is 9.15 Å². The van der Waals surface area contributed by atoms with Crippen LogP contribution in [-0.2, 0) is 9.53 Å². The highest BCUT2D eigenvalue weighted by Crippen LogP contribution is 2.25. The number of urea groups is 1. The largest absolute Gasteiger partial charge is 0.449 e. The molecule has 1 saturated carbocycles. The molecule has 3 amide bonds. The molecule has 0 spiro atoms. The molecule has 2 N–H and O–H groups in total. The van der Waals surface area contributed by atoms with Gasteiger partial charge in [-0.3, -0.25) is 10.1 Å². The Bertz CT molecular complexity index is 836. The van der Waals surface area contributed by atoms with E-state index in [1.165, 1.54) is 6.92 Å². The average Bonchev–Trinajstić information content (AvgIpc) is 3.23. The molecular formula is C19H22N2O5. The Kier molecular flexibility index (Phi) is 5.25. The standard InChI is InChI=1S/C19H22N2O5/c1-11-14-9-5-6-10-15(14)26-16(11)18(23)25-12(2)17(22)21-19(24)20-13-7-3-4-8-13/h5-6,9-10,12-13H,3-4,7-8H2,1-2H3,(H2,20,21,22,24)/t12-/m1/s1. The van der Waals surface area contributed by atoms with Crippen LogP contribution in [0, 0.1) is 6.92 Å². The van der Waals surface area contributed by atoms with Crippen molar-refractivity contribution in [1.82, 2.24) is 10.6 Å². The molecule has 0 unspecified atom stereocenters. The Hall–Kier alpha value is -2.83. The third-order valence-corrected chi connectivity index (χ3v) is 4.61. The molecule has 7 heteroatoms. The summed E-state index contributed by atoms with van der Waals surface area (Å²) in [5.74, 6) is -1.36. The Morgan fingerprint density at radius 2 is 1.88 bits per heavy atom. The van der Waals surface area contributed by atoms with Crippen molar-refractivity contribution in [1.29, 1.82) is 0 Å². The summed E-state index contributed by atoms with van der Waals surface area (Å²) in [7, 11) is 0. The predicted octanol–water partition coefficient (Wildman–Crippen LogP) is 3.05. The molecule has 138 valence electrons. The van der Waals surface area contributed by atoms with Gasteiger partial charge < -0.3 is 14.5 Å². The monoisotopic (exact) mass is 358 g/mol. The van der Waals surface area contributed by atoms with Crippen molar-refractivity contribution in [2.75, 3.05) is 0 Å². The van der Waals surface area contributed by atoms with Gasteiger partial charge >= 0.3 is 12.0 Å². The van der Waals surface area contributed by atoms with Crippen LogP contribution >= 0.6 is 0 Å². The molecular weight excluding hydrogens is 336 g/mol. The number of imide groups is 1. The van der Waals surface area contributed by atoms with Crippen LogP contribution in [0.4, 0.5) is 4.79 Å². The van der Waals surface area contributed by atoms with Crippen LogP contribution in [-0.4, -0.2) is 30.1 Å². The van der Waals surface area contributed by atoms with Crippen LogP contribution in [0.15, 0.2) is 28.7 Å². The van der Waals surface area contributed by atoms with Gasteiger partial charge in [0.15, 0.2) is 6.10 Å². The maximum Gasteiger partial charge on any atom is 0.375 e. The Morgan fingerprint density at radius 3 is 2.58 bits per heavy atom. The lowest BCUT2D eigenvalue weighted by molar-refractivity contribution is -0.128. The molecule has 1 fully saturated rings. The van der Waals surface area contributed by atoms with Gasteiger partial charge in [-0.05, 0) is 32.8 Å². The lowest BCUT2D eigenvalue weighted by Crippen LogP contribution is -2.47. The molecule has 0 bridgehead atoms. The van der Waals surface area contributed by atoms with E-state index in [0.29, 0.717) is 11.1 Å². The molecule has 7 nitrogen and oxygen atoms in total. The highest BCUT2D eigenvalue weighted by molar-refractivity contribution is 6.00. The lowest BCUT2D eigenvalue weighted by atomic mass is 10.1. The molecule has 1 aliphatic carbocycles. The second-order valence-electron chi connectivity index (χ2n) is 6.54. The fraction of sp³-hybridized carbons (Fsp3) is 0.421. The second-order valence-corrected chi connectivity index (χ2v) is 6.54. The SMILES string of the molecule is Cc1c(C(=O)O[C@H](C)C(=O)NC(=O)NC2CCCC2)oc2ccccc12. The van der Waals surface area contributed by atoms with Crippen LogP contribution in [0.1, 0.15) is 48.7 Å². The Labute approximate surface area is 151 Å². The number of carbonyl (C=O) groups is 3. The third-order valence-electron chi connectivity index (χ3n) is 4.61. The summed E-state index contributed by atoms with van der Waals surface area (Å²) in [5, 5.41) is 5.77. The summed E-state index contributed by atoms with van der Waals surface area (Å²) in [5.41, 5.74) is 1.22. The number of ether oxygens (including phenoxy) is 1. The molecule has 1 aliphatic rings. The molecule has 1 aromatic carbocycles. The molecule has 1 atom stereocenters. The number of rotatable bonds is 4. The van der Waals surface area contributed by atoms with E-state index in [9.17, 15) is 14.4 Å². The molecule has 0 aliphatic heterocycles. The molecule has 26 heavy (non-hydrogen) atoms. The van der Waals surface area contributed by atoms with E-state index >= 15 is 0 Å². The maximum atomic E-state index is 12.3. The van der Waals surface area contributed by atoms with E-state index in [1.807, 2.05) is 12.1 Å². The van der Waals surface area contributed by atoms with Crippen molar-refractivity contribution in [2.45, 2.75) is 51.7 Å². The smallest absolute Gasteiger partial charge is 0.375 e. The first-order valence-electron chi connectivity index (χ1n) is 8.76. The quantitative estimate of drug-likeness (QED) is 0.819. The first-order chi connectivity index (χ1) is 12.5. The zero-order chi connectivity index (χ0) is 18.7. The summed E-state index contributed by atoms with van der Waals surface area (Å²) >= 11 is 0. The van der Waals surface area contributed by atoms with Gasteiger partial charge in [0.1, 0.15) is 5.58 Å². The van der Waals surface area contributed by atoms with E-state index < -0.39 is 24.0 Å². The molecule has 1 heterocycles. The molecule has 2 aromatic rings. The van der Waals surface area contributed by atoms with Gasteiger partial charge in [-0.2, -0.15) is 0 Å². The number of aryl methyl sites for hydroxylation is 1. The maximum absolute atomic E-state index is 12.3. The number of hydrogen-bond acceptors (Lipinski definition) is 5. The van der Waals surface area contributed by atoms with Gasteiger partial charge in [-0.15, -0.1) is 0 Å². The lowest BCUT2D eigenvalue weighted by Gasteiger charge is -2.15. The van der Waals surface area contributed by atoms with Crippen molar-refractivity contribution in [3.63, 3.8) is 0 Å². The molecule has 0 saturated heterocycles. The summed E-state index contributed by atoms with van der Waals surface area (Å²) < 4.78 is 10.7. The van der Waals surface area contributed by atoms with Crippen molar-refractivity contribution in [3.05, 3.63) is 35.6 Å². The van der Waals surface area contributed by atoms with E-state index in [0.717, 1.165) is 31.1 Å². The fourth-order valence-electron chi connectivity index (χ4n) is 3.14. The van der Waals surface area contributed by atoms with E-state index in [1.54, 1.807) is 19.1 Å². The van der Waals surface area contributed by atoms with Gasteiger partial charge in [0.25, 0.3) is 5.91 Å². The van der Waals surface area contributed by atoms with Gasteiger partial charge in [0, 0.05) is 17.0 Å². The molecule has 1 aromatic heterocycles. The van der Waals surface area contributed by atoms with Gasteiger partial charge in [0.2, 0.25) is 5.76 Å². The van der Waals surface area contributed by atoms with Crippen LogP contribution in [0.25, 0.3) is 11.0 Å². The second kappa shape index (κ2) is 7.59. The number of carbonyl (C=O) groups excluding carboxylic acids is 3. The highest BCUT2D eigenvalue weighted by atomic mass is 16.6. The number of furan rings is 1. The number of hydrogen-bond donors (Lipinski definition) is 2. The van der Waals surface area contributed by atoms with Crippen LogP contribution in [0.3, 0.4) is 0 Å². The number of amides is 3. The summed E-state index contributed by atoms with van der Waals surface area (Å²) in [6.07, 6.45) is 2.85. The highest BCUT2D eigenvalue weighted by Gasteiger charge is 2.26. The van der Waals surface area contributed by atoms with Crippen molar-refractivity contribution in [2.24, 2.45) is 0 Å². The van der Waals surface area contributed by atoms with Gasteiger partial charge in [-0.1, -0.05) is 31.0 Å².